The Balaban J connectivity index is 2.02. The van der Waals surface area contributed by atoms with Crippen LogP contribution in [-0.2, 0) is 13.5 Å². The SMILES string of the molecule is Cc1nc2cccc(CC3CCNC3)c2n1C. The molecule has 1 aromatic carbocycles. The van der Waals surface area contributed by atoms with E-state index in [0.29, 0.717) is 0 Å². The van der Waals surface area contributed by atoms with Gasteiger partial charge in [-0.05, 0) is 50.4 Å². The normalized spacial score (nSPS) is 20.2. The van der Waals surface area contributed by atoms with Crippen molar-refractivity contribution in [3.63, 3.8) is 0 Å². The van der Waals surface area contributed by atoms with Crippen LogP contribution in [0.15, 0.2) is 18.2 Å². The number of hydrogen-bond acceptors (Lipinski definition) is 2. The van der Waals surface area contributed by atoms with Gasteiger partial charge in [0.15, 0.2) is 0 Å². The van der Waals surface area contributed by atoms with Crippen molar-refractivity contribution >= 4 is 11.0 Å². The van der Waals surface area contributed by atoms with E-state index < -0.39 is 0 Å². The van der Waals surface area contributed by atoms with E-state index in [0.717, 1.165) is 23.8 Å². The fourth-order valence-corrected chi connectivity index (χ4v) is 2.83. The molecular formula is C14H19N3. The summed E-state index contributed by atoms with van der Waals surface area (Å²) in [5.74, 6) is 1.88. The van der Waals surface area contributed by atoms with Crippen LogP contribution in [0.2, 0.25) is 0 Å². The predicted molar refractivity (Wildman–Crippen MR) is 70.1 cm³/mol. The molecule has 0 radical (unpaired) electrons. The van der Waals surface area contributed by atoms with Crippen LogP contribution in [0.25, 0.3) is 11.0 Å². The average Bonchev–Trinajstić information content (AvgIpc) is 2.90. The van der Waals surface area contributed by atoms with Crippen molar-refractivity contribution in [2.24, 2.45) is 13.0 Å². The van der Waals surface area contributed by atoms with Gasteiger partial charge in [-0.15, -0.1) is 0 Å². The number of aryl methyl sites for hydroxylation is 2. The van der Waals surface area contributed by atoms with Gasteiger partial charge in [-0.1, -0.05) is 12.1 Å². The van der Waals surface area contributed by atoms with Gasteiger partial charge in [-0.3, -0.25) is 0 Å². The van der Waals surface area contributed by atoms with Crippen molar-refractivity contribution in [3.05, 3.63) is 29.6 Å². The van der Waals surface area contributed by atoms with Gasteiger partial charge in [-0.2, -0.15) is 0 Å². The highest BCUT2D eigenvalue weighted by Crippen LogP contribution is 2.23. The molecule has 2 aromatic rings. The van der Waals surface area contributed by atoms with Gasteiger partial charge < -0.3 is 9.88 Å². The number of nitrogens with zero attached hydrogens (tertiary/aromatic N) is 2. The second-order valence-electron chi connectivity index (χ2n) is 5.07. The Labute approximate surface area is 102 Å². The summed E-state index contributed by atoms with van der Waals surface area (Å²) in [5, 5.41) is 3.44. The molecule has 1 aliphatic heterocycles. The zero-order valence-corrected chi connectivity index (χ0v) is 10.5. The lowest BCUT2D eigenvalue weighted by molar-refractivity contribution is 0.581. The van der Waals surface area contributed by atoms with E-state index in [2.05, 4.69) is 47.0 Å². The third kappa shape index (κ3) is 1.84. The molecule has 1 N–H and O–H groups in total. The summed E-state index contributed by atoms with van der Waals surface area (Å²) in [5.41, 5.74) is 3.89. The maximum absolute atomic E-state index is 4.60. The second-order valence-corrected chi connectivity index (χ2v) is 5.07. The van der Waals surface area contributed by atoms with Crippen molar-refractivity contribution in [3.8, 4) is 0 Å². The lowest BCUT2D eigenvalue weighted by Gasteiger charge is -2.10. The summed E-state index contributed by atoms with van der Waals surface area (Å²) in [4.78, 5) is 4.60. The molecule has 3 rings (SSSR count). The molecular weight excluding hydrogens is 210 g/mol. The van der Waals surface area contributed by atoms with E-state index in [4.69, 9.17) is 0 Å². The Morgan fingerprint density at radius 3 is 3.12 bits per heavy atom. The maximum Gasteiger partial charge on any atom is 0.106 e. The number of para-hydroxylation sites is 1. The number of hydrogen-bond donors (Lipinski definition) is 1. The second kappa shape index (κ2) is 4.15. The summed E-state index contributed by atoms with van der Waals surface area (Å²) in [7, 11) is 2.11. The lowest BCUT2D eigenvalue weighted by Crippen LogP contribution is -2.11. The molecule has 3 nitrogen and oxygen atoms in total. The number of rotatable bonds is 2. The fourth-order valence-electron chi connectivity index (χ4n) is 2.83. The quantitative estimate of drug-likeness (QED) is 0.854. The monoisotopic (exact) mass is 229 g/mol. The molecule has 0 amide bonds. The highest BCUT2D eigenvalue weighted by atomic mass is 15.1. The zero-order chi connectivity index (χ0) is 11.8. The number of fused-ring (bicyclic) bond motifs is 1. The highest BCUT2D eigenvalue weighted by molar-refractivity contribution is 5.79. The van der Waals surface area contributed by atoms with Gasteiger partial charge in [-0.25, -0.2) is 4.98 Å². The van der Waals surface area contributed by atoms with Crippen molar-refractivity contribution < 1.29 is 0 Å². The van der Waals surface area contributed by atoms with Crippen molar-refractivity contribution in [2.45, 2.75) is 19.8 Å². The van der Waals surface area contributed by atoms with Crippen molar-refractivity contribution in [2.75, 3.05) is 13.1 Å². The van der Waals surface area contributed by atoms with Crippen LogP contribution in [0.4, 0.5) is 0 Å². The van der Waals surface area contributed by atoms with Gasteiger partial charge in [0.05, 0.1) is 11.0 Å². The Hall–Kier alpha value is -1.35. The highest BCUT2D eigenvalue weighted by Gasteiger charge is 2.17. The standard InChI is InChI=1S/C14H19N3/c1-10-16-13-5-3-4-12(14(13)17(10)2)8-11-6-7-15-9-11/h3-5,11,15H,6-9H2,1-2H3. The van der Waals surface area contributed by atoms with Crippen LogP contribution in [0.3, 0.4) is 0 Å². The smallest absolute Gasteiger partial charge is 0.106 e. The molecule has 2 heterocycles. The molecule has 1 fully saturated rings. The lowest BCUT2D eigenvalue weighted by atomic mass is 9.98. The summed E-state index contributed by atoms with van der Waals surface area (Å²) in [6.45, 7) is 4.40. The van der Waals surface area contributed by atoms with Gasteiger partial charge in [0.1, 0.15) is 5.82 Å². The molecule has 1 aliphatic rings. The third-order valence-electron chi connectivity index (χ3n) is 3.87. The van der Waals surface area contributed by atoms with E-state index in [1.165, 1.54) is 30.5 Å². The van der Waals surface area contributed by atoms with Crippen LogP contribution in [0.1, 0.15) is 17.8 Å². The summed E-state index contributed by atoms with van der Waals surface area (Å²) >= 11 is 0. The molecule has 1 aromatic heterocycles. The molecule has 0 bridgehead atoms. The van der Waals surface area contributed by atoms with Crippen LogP contribution in [0, 0.1) is 12.8 Å². The number of benzene rings is 1. The van der Waals surface area contributed by atoms with Crippen LogP contribution < -0.4 is 5.32 Å². The first-order valence-electron chi connectivity index (χ1n) is 6.37. The molecule has 1 unspecified atom stereocenters. The number of imidazole rings is 1. The maximum atomic E-state index is 4.60. The van der Waals surface area contributed by atoms with Crippen LogP contribution >= 0.6 is 0 Å². The van der Waals surface area contributed by atoms with Crippen molar-refractivity contribution in [1.29, 1.82) is 0 Å². The minimum atomic E-state index is 0.788. The van der Waals surface area contributed by atoms with Gasteiger partial charge >= 0.3 is 0 Å². The predicted octanol–water partition coefficient (Wildman–Crippen LogP) is 2.03. The average molecular weight is 229 g/mol. The Morgan fingerprint density at radius 1 is 1.47 bits per heavy atom. The van der Waals surface area contributed by atoms with Gasteiger partial charge in [0, 0.05) is 7.05 Å². The van der Waals surface area contributed by atoms with Crippen molar-refractivity contribution in [1.82, 2.24) is 14.9 Å². The summed E-state index contributed by atoms with van der Waals surface area (Å²) in [6, 6.07) is 6.49. The van der Waals surface area contributed by atoms with E-state index in [1.807, 2.05) is 0 Å². The Morgan fingerprint density at radius 2 is 2.35 bits per heavy atom. The van der Waals surface area contributed by atoms with E-state index in [-0.39, 0.29) is 0 Å². The molecule has 0 aliphatic carbocycles. The minimum absolute atomic E-state index is 0.788. The molecule has 1 saturated heterocycles. The molecule has 0 spiro atoms. The minimum Gasteiger partial charge on any atom is -0.331 e. The van der Waals surface area contributed by atoms with Gasteiger partial charge in [0.25, 0.3) is 0 Å². The first-order valence-corrected chi connectivity index (χ1v) is 6.37. The summed E-state index contributed by atoms with van der Waals surface area (Å²) < 4.78 is 2.22. The topological polar surface area (TPSA) is 29.9 Å². The molecule has 0 saturated carbocycles. The van der Waals surface area contributed by atoms with E-state index in [1.54, 1.807) is 0 Å². The van der Waals surface area contributed by atoms with E-state index >= 15 is 0 Å². The molecule has 17 heavy (non-hydrogen) atoms. The third-order valence-corrected chi connectivity index (χ3v) is 3.87. The first-order chi connectivity index (χ1) is 8.25. The largest absolute Gasteiger partial charge is 0.331 e. The van der Waals surface area contributed by atoms with Crippen LogP contribution in [-0.4, -0.2) is 22.6 Å². The molecule has 90 valence electrons. The Bertz CT molecular complexity index is 536. The summed E-state index contributed by atoms with van der Waals surface area (Å²) in [6.07, 6.45) is 2.47. The van der Waals surface area contributed by atoms with E-state index in [9.17, 15) is 0 Å². The molecule has 3 heteroatoms. The van der Waals surface area contributed by atoms with Crippen LogP contribution in [0.5, 0.6) is 0 Å². The molecule has 1 atom stereocenters. The van der Waals surface area contributed by atoms with Gasteiger partial charge in [0.2, 0.25) is 0 Å². The number of aromatic nitrogens is 2. The zero-order valence-electron chi connectivity index (χ0n) is 10.5. The Kier molecular flexibility index (Phi) is 2.63. The number of nitrogens with one attached hydrogen (secondary N) is 1. The fraction of sp³-hybridized carbons (Fsp3) is 0.500. The first kappa shape index (κ1) is 10.8.